The van der Waals surface area contributed by atoms with Gasteiger partial charge in [-0.1, -0.05) is 0 Å². The molecular weight excluding hydrogens is 556 g/mol. The van der Waals surface area contributed by atoms with Crippen LogP contribution in [-0.2, 0) is 4.74 Å². The third-order valence-corrected chi connectivity index (χ3v) is 7.40. The van der Waals surface area contributed by atoms with Crippen molar-refractivity contribution < 1.29 is 14.5 Å². The first-order valence-electron chi connectivity index (χ1n) is 13.7. The number of nitro benzene ring substituents is 1. The molecule has 2 heterocycles. The van der Waals surface area contributed by atoms with Gasteiger partial charge in [-0.2, -0.15) is 4.80 Å². The molecule has 4 aromatic rings. The van der Waals surface area contributed by atoms with E-state index in [9.17, 15) is 14.9 Å². The number of rotatable bonds is 8. The van der Waals surface area contributed by atoms with E-state index in [-0.39, 0.29) is 16.4 Å². The third kappa shape index (κ3) is 6.16. The average molecular weight is 589 g/mol. The topological polar surface area (TPSA) is 131 Å². The van der Waals surface area contributed by atoms with Crippen molar-refractivity contribution in [3.63, 3.8) is 0 Å². The molecule has 1 aliphatic rings. The number of thiocarbonyl (C=S) groups is 1. The van der Waals surface area contributed by atoms with Crippen molar-refractivity contribution in [1.29, 1.82) is 0 Å². The minimum absolute atomic E-state index is 0.0572. The molecule has 1 fully saturated rings. The number of anilines is 3. The summed E-state index contributed by atoms with van der Waals surface area (Å²) < 4.78 is 5.34. The maximum atomic E-state index is 12.9. The molecule has 3 aromatic carbocycles. The van der Waals surface area contributed by atoms with Crippen LogP contribution >= 0.6 is 12.2 Å². The van der Waals surface area contributed by atoms with Crippen LogP contribution < -0.4 is 20.4 Å². The summed E-state index contributed by atoms with van der Waals surface area (Å²) in [5.41, 5.74) is 5.30. The highest BCUT2D eigenvalue weighted by atomic mass is 32.1. The van der Waals surface area contributed by atoms with Gasteiger partial charge in [0, 0.05) is 49.2 Å². The Morgan fingerprint density at radius 1 is 1.05 bits per heavy atom. The zero-order valence-corrected chi connectivity index (χ0v) is 24.5. The van der Waals surface area contributed by atoms with Crippen molar-refractivity contribution in [1.82, 2.24) is 20.3 Å². The fraction of sp³-hybridized carbons (Fsp3) is 0.310. The molecule has 1 saturated heterocycles. The molecule has 42 heavy (non-hydrogen) atoms. The quantitative estimate of drug-likeness (QED) is 0.173. The summed E-state index contributed by atoms with van der Waals surface area (Å²) >= 11 is 5.40. The van der Waals surface area contributed by atoms with Crippen molar-refractivity contribution in [3.05, 3.63) is 75.8 Å². The molecule has 2 N–H and O–H groups in total. The first kappa shape index (κ1) is 28.9. The number of hydrogen-bond acceptors (Lipinski definition) is 9. The van der Waals surface area contributed by atoms with E-state index in [0.717, 1.165) is 30.0 Å². The fourth-order valence-electron chi connectivity index (χ4n) is 4.92. The van der Waals surface area contributed by atoms with Crippen LogP contribution in [0.4, 0.5) is 22.7 Å². The highest BCUT2D eigenvalue weighted by Crippen LogP contribution is 2.30. The Hall–Kier alpha value is -4.62. The van der Waals surface area contributed by atoms with Gasteiger partial charge in [-0.3, -0.25) is 20.2 Å². The Bertz CT molecular complexity index is 1630. The first-order valence-corrected chi connectivity index (χ1v) is 14.1. The lowest BCUT2D eigenvalue weighted by Crippen LogP contribution is -2.37. The van der Waals surface area contributed by atoms with E-state index in [1.807, 2.05) is 36.1 Å². The van der Waals surface area contributed by atoms with E-state index >= 15 is 0 Å². The van der Waals surface area contributed by atoms with Crippen LogP contribution in [0.3, 0.4) is 0 Å². The van der Waals surface area contributed by atoms with E-state index in [2.05, 4.69) is 51.7 Å². The molecule has 0 saturated carbocycles. The number of nitro groups is 1. The number of aromatic nitrogens is 3. The van der Waals surface area contributed by atoms with Crippen LogP contribution in [0.1, 0.15) is 29.8 Å². The van der Waals surface area contributed by atoms with Gasteiger partial charge in [-0.05, 0) is 87.1 Å². The number of benzene rings is 3. The summed E-state index contributed by atoms with van der Waals surface area (Å²) in [6, 6.07) is 16.2. The number of ether oxygens (including phenoxy) is 1. The lowest BCUT2D eigenvalue weighted by molar-refractivity contribution is -0.384. The molecule has 0 aliphatic carbocycles. The minimum atomic E-state index is -0.554. The number of carbonyl (C=O) groups excluding carboxylic acids is 1. The van der Waals surface area contributed by atoms with Gasteiger partial charge < -0.3 is 19.9 Å². The number of carbonyl (C=O) groups is 1. The fourth-order valence-corrected chi connectivity index (χ4v) is 5.12. The highest BCUT2D eigenvalue weighted by Gasteiger charge is 2.24. The first-order chi connectivity index (χ1) is 20.3. The van der Waals surface area contributed by atoms with Crippen molar-refractivity contribution in [3.8, 4) is 5.69 Å². The molecule has 12 nitrogen and oxygen atoms in total. The van der Waals surface area contributed by atoms with Gasteiger partial charge in [-0.15, -0.1) is 10.2 Å². The van der Waals surface area contributed by atoms with Gasteiger partial charge in [-0.25, -0.2) is 0 Å². The van der Waals surface area contributed by atoms with Crippen molar-refractivity contribution >= 4 is 57.0 Å². The molecule has 0 bridgehead atoms. The largest absolute Gasteiger partial charge is 0.378 e. The maximum Gasteiger partial charge on any atom is 0.293 e. The third-order valence-electron chi connectivity index (χ3n) is 7.20. The minimum Gasteiger partial charge on any atom is -0.378 e. The number of nitrogens with one attached hydrogen (secondary N) is 2. The maximum absolute atomic E-state index is 12.9. The summed E-state index contributed by atoms with van der Waals surface area (Å²) in [4.78, 5) is 30.0. The summed E-state index contributed by atoms with van der Waals surface area (Å²) in [6.07, 6.45) is 0. The Kier molecular flexibility index (Phi) is 8.59. The van der Waals surface area contributed by atoms with Crippen molar-refractivity contribution in [2.75, 3.05) is 54.5 Å². The van der Waals surface area contributed by atoms with Crippen molar-refractivity contribution in [2.45, 2.75) is 20.8 Å². The molecule has 0 atom stereocenters. The Morgan fingerprint density at radius 2 is 1.71 bits per heavy atom. The predicted molar refractivity (Wildman–Crippen MR) is 167 cm³/mol. The zero-order chi connectivity index (χ0) is 29.8. The molecule has 0 radical (unpaired) electrons. The lowest BCUT2D eigenvalue weighted by atomic mass is 10.1. The van der Waals surface area contributed by atoms with Gasteiger partial charge in [0.2, 0.25) is 0 Å². The molecule has 1 aliphatic heterocycles. The Balaban J connectivity index is 1.29. The number of aryl methyl sites for hydroxylation is 1. The van der Waals surface area contributed by atoms with Gasteiger partial charge in [0.1, 0.15) is 16.7 Å². The number of fused-ring (bicyclic) bond motifs is 1. The standard InChI is InChI=1S/C29H32N8O4S/c1-4-34(5-2)21-7-9-22(10-8-21)36-32-24-16-19(3)23(18-25(24)33-36)30-29(42)31-28(38)20-6-11-26(27(17-20)37(39)40)35-12-14-41-15-13-35/h6-11,16-18H,4-5,12-15H2,1-3H3,(H2,30,31,38,42). The summed E-state index contributed by atoms with van der Waals surface area (Å²) in [5.74, 6) is -0.554. The highest BCUT2D eigenvalue weighted by molar-refractivity contribution is 7.80. The number of nitrogens with zero attached hydrogens (tertiary/aromatic N) is 6. The van der Waals surface area contributed by atoms with Gasteiger partial charge in [0.05, 0.1) is 23.8 Å². The average Bonchev–Trinajstić information content (AvgIpc) is 3.41. The van der Waals surface area contributed by atoms with E-state index in [0.29, 0.717) is 48.7 Å². The molecule has 13 heteroatoms. The lowest BCUT2D eigenvalue weighted by Gasteiger charge is -2.28. The van der Waals surface area contributed by atoms with E-state index in [1.54, 1.807) is 16.9 Å². The molecule has 0 unspecified atom stereocenters. The summed E-state index contributed by atoms with van der Waals surface area (Å²) in [5, 5.41) is 26.8. The molecule has 0 spiro atoms. The van der Waals surface area contributed by atoms with E-state index in [1.165, 1.54) is 6.07 Å². The molecule has 1 amide bonds. The van der Waals surface area contributed by atoms with E-state index in [4.69, 9.17) is 17.0 Å². The zero-order valence-electron chi connectivity index (χ0n) is 23.7. The van der Waals surface area contributed by atoms with Crippen LogP contribution in [0, 0.1) is 17.0 Å². The van der Waals surface area contributed by atoms with Gasteiger partial charge in [0.15, 0.2) is 5.11 Å². The van der Waals surface area contributed by atoms with Gasteiger partial charge >= 0.3 is 0 Å². The van der Waals surface area contributed by atoms with Crippen LogP contribution in [0.15, 0.2) is 54.6 Å². The van der Waals surface area contributed by atoms with E-state index < -0.39 is 10.8 Å². The SMILES string of the molecule is CCN(CC)c1ccc(-n2nc3cc(C)c(NC(=S)NC(=O)c4ccc(N5CCOCC5)c([N+](=O)[O-])c4)cc3n2)cc1. The number of amides is 1. The monoisotopic (exact) mass is 588 g/mol. The van der Waals surface area contributed by atoms with Crippen LogP contribution in [0.5, 0.6) is 0 Å². The second kappa shape index (κ2) is 12.5. The normalized spacial score (nSPS) is 13.2. The Morgan fingerprint density at radius 3 is 2.36 bits per heavy atom. The van der Waals surface area contributed by atoms with Crippen LogP contribution in [0.25, 0.3) is 16.7 Å². The molecule has 218 valence electrons. The number of morpholine rings is 1. The predicted octanol–water partition coefficient (Wildman–Crippen LogP) is 4.45. The molecular formula is C29H32N8O4S. The second-order valence-corrected chi connectivity index (χ2v) is 10.2. The Labute approximate surface area is 248 Å². The summed E-state index contributed by atoms with van der Waals surface area (Å²) in [7, 11) is 0. The molecule has 5 rings (SSSR count). The van der Waals surface area contributed by atoms with Crippen LogP contribution in [0.2, 0.25) is 0 Å². The second-order valence-electron chi connectivity index (χ2n) is 9.80. The molecule has 1 aromatic heterocycles. The smallest absolute Gasteiger partial charge is 0.293 e. The van der Waals surface area contributed by atoms with Crippen LogP contribution in [-0.4, -0.2) is 70.3 Å². The summed E-state index contributed by atoms with van der Waals surface area (Å²) in [6.45, 7) is 10.1. The van der Waals surface area contributed by atoms with Gasteiger partial charge in [0.25, 0.3) is 11.6 Å². The number of hydrogen-bond donors (Lipinski definition) is 2. The van der Waals surface area contributed by atoms with Crippen molar-refractivity contribution in [2.24, 2.45) is 0 Å².